The molecule has 32 heavy (non-hydrogen) atoms. The minimum absolute atomic E-state index is 0.0624. The number of piperidine rings is 1. The molecule has 162 valence electrons. The van der Waals surface area contributed by atoms with Gasteiger partial charge < -0.3 is 15.1 Å². The number of aromatic nitrogens is 1. The highest BCUT2D eigenvalue weighted by Crippen LogP contribution is 2.28. The van der Waals surface area contributed by atoms with Crippen LogP contribution in [0.4, 0.5) is 10.5 Å². The highest BCUT2D eigenvalue weighted by Gasteiger charge is 2.27. The Morgan fingerprint density at radius 3 is 2.50 bits per heavy atom. The van der Waals surface area contributed by atoms with Gasteiger partial charge in [0.1, 0.15) is 0 Å². The Balaban J connectivity index is 1.14. The zero-order valence-corrected chi connectivity index (χ0v) is 17.9. The van der Waals surface area contributed by atoms with Crippen molar-refractivity contribution in [1.29, 1.82) is 0 Å². The number of nitrogens with one attached hydrogen (secondary N) is 1. The maximum Gasteiger partial charge on any atom is 0.321 e. The molecule has 0 bridgehead atoms. The Bertz CT molecular complexity index is 1110. The van der Waals surface area contributed by atoms with Crippen LogP contribution >= 0.6 is 0 Å². The first kappa shape index (κ1) is 20.2. The molecule has 0 saturated carbocycles. The predicted octanol–water partition coefficient (Wildman–Crippen LogP) is 4.65. The molecule has 0 radical (unpaired) electrons. The van der Waals surface area contributed by atoms with Gasteiger partial charge in [-0.25, -0.2) is 4.79 Å². The van der Waals surface area contributed by atoms with Crippen LogP contribution in [0.3, 0.4) is 0 Å². The first-order valence-electron chi connectivity index (χ1n) is 11.1. The van der Waals surface area contributed by atoms with E-state index in [2.05, 4.69) is 16.4 Å². The van der Waals surface area contributed by atoms with Crippen LogP contribution in [0.5, 0.6) is 0 Å². The summed E-state index contributed by atoms with van der Waals surface area (Å²) in [5.41, 5.74) is 4.94. The second-order valence-corrected chi connectivity index (χ2v) is 8.49. The molecule has 2 aliphatic heterocycles. The van der Waals surface area contributed by atoms with Crippen LogP contribution < -0.4 is 5.32 Å². The number of urea groups is 1. The highest BCUT2D eigenvalue weighted by atomic mass is 16.2. The fourth-order valence-corrected chi connectivity index (χ4v) is 4.59. The first-order chi connectivity index (χ1) is 15.7. The number of pyridine rings is 1. The van der Waals surface area contributed by atoms with Crippen molar-refractivity contribution in [3.63, 3.8) is 0 Å². The summed E-state index contributed by atoms with van der Waals surface area (Å²) in [6.45, 7) is 2.67. The highest BCUT2D eigenvalue weighted by molar-refractivity contribution is 5.98. The van der Waals surface area contributed by atoms with E-state index in [1.165, 1.54) is 5.56 Å². The number of anilines is 1. The minimum atomic E-state index is -0.0624. The Kier molecular flexibility index (Phi) is 5.58. The fraction of sp³-hybridized carbons (Fsp3) is 0.269. The maximum absolute atomic E-state index is 12.7. The SMILES string of the molecule is O=C(Nc1ccc(CN2Cc3ccccc3C2=O)cc1)N1CCC(c2cccnc2)CC1. The van der Waals surface area contributed by atoms with Crippen molar-refractivity contribution in [3.8, 4) is 0 Å². The van der Waals surface area contributed by atoms with Gasteiger partial charge in [0.2, 0.25) is 0 Å². The van der Waals surface area contributed by atoms with Crippen LogP contribution in [0, 0.1) is 0 Å². The summed E-state index contributed by atoms with van der Waals surface area (Å²) in [6, 6.07) is 19.5. The third-order valence-electron chi connectivity index (χ3n) is 6.41. The van der Waals surface area contributed by atoms with Gasteiger partial charge in [0.25, 0.3) is 5.91 Å². The molecule has 0 unspecified atom stereocenters. The van der Waals surface area contributed by atoms with Gasteiger partial charge in [0.05, 0.1) is 0 Å². The fourth-order valence-electron chi connectivity index (χ4n) is 4.59. The summed E-state index contributed by atoms with van der Waals surface area (Å²) in [5, 5.41) is 3.00. The summed E-state index contributed by atoms with van der Waals surface area (Å²) in [7, 11) is 0. The molecule has 0 aliphatic carbocycles. The summed E-state index contributed by atoms with van der Waals surface area (Å²) in [6.07, 6.45) is 5.62. The van der Waals surface area contributed by atoms with Crippen molar-refractivity contribution in [2.45, 2.75) is 31.8 Å². The number of hydrogen-bond donors (Lipinski definition) is 1. The van der Waals surface area contributed by atoms with Gasteiger partial charge >= 0.3 is 6.03 Å². The predicted molar refractivity (Wildman–Crippen MR) is 123 cm³/mol. The van der Waals surface area contributed by atoms with Crippen LogP contribution in [0.2, 0.25) is 0 Å². The molecule has 3 aromatic rings. The second kappa shape index (κ2) is 8.83. The molecule has 5 rings (SSSR count). The molecule has 2 aromatic carbocycles. The topological polar surface area (TPSA) is 65.5 Å². The van der Waals surface area contributed by atoms with Gasteiger partial charge in [-0.3, -0.25) is 9.78 Å². The van der Waals surface area contributed by atoms with E-state index < -0.39 is 0 Å². The quantitative estimate of drug-likeness (QED) is 0.660. The van der Waals surface area contributed by atoms with Crippen LogP contribution in [0.15, 0.2) is 73.1 Å². The van der Waals surface area contributed by atoms with Gasteiger partial charge in [-0.05, 0) is 59.7 Å². The van der Waals surface area contributed by atoms with Gasteiger partial charge in [-0.1, -0.05) is 36.4 Å². The average Bonchev–Trinajstić information content (AvgIpc) is 3.16. The smallest absolute Gasteiger partial charge is 0.321 e. The molecule has 3 heterocycles. The zero-order chi connectivity index (χ0) is 21.9. The molecule has 6 nitrogen and oxygen atoms in total. The number of rotatable bonds is 4. The lowest BCUT2D eigenvalue weighted by molar-refractivity contribution is 0.0766. The Labute approximate surface area is 187 Å². The molecule has 1 aromatic heterocycles. The second-order valence-electron chi connectivity index (χ2n) is 8.49. The van der Waals surface area contributed by atoms with Crippen LogP contribution in [0.1, 0.15) is 45.8 Å². The van der Waals surface area contributed by atoms with Crippen molar-refractivity contribution < 1.29 is 9.59 Å². The minimum Gasteiger partial charge on any atom is -0.330 e. The summed E-state index contributed by atoms with van der Waals surface area (Å²) in [4.78, 5) is 33.2. The van der Waals surface area contributed by atoms with Crippen LogP contribution in [0.25, 0.3) is 0 Å². The number of likely N-dealkylation sites (tertiary alicyclic amines) is 1. The number of hydrogen-bond acceptors (Lipinski definition) is 3. The van der Waals surface area contributed by atoms with Gasteiger partial charge in [-0.2, -0.15) is 0 Å². The van der Waals surface area contributed by atoms with E-state index in [4.69, 9.17) is 0 Å². The average molecular weight is 427 g/mol. The van der Waals surface area contributed by atoms with E-state index in [9.17, 15) is 9.59 Å². The standard InChI is InChI=1S/C26H26N4O2/c31-25-24-6-2-1-4-22(24)18-30(25)17-19-7-9-23(10-8-19)28-26(32)29-14-11-20(12-15-29)21-5-3-13-27-16-21/h1-10,13,16,20H,11-12,14-15,17-18H2,(H,28,32). The molecular weight excluding hydrogens is 400 g/mol. The van der Waals surface area contributed by atoms with Crippen molar-refractivity contribution >= 4 is 17.6 Å². The summed E-state index contributed by atoms with van der Waals surface area (Å²) >= 11 is 0. The van der Waals surface area contributed by atoms with Gasteiger partial charge in [-0.15, -0.1) is 0 Å². The molecule has 1 saturated heterocycles. The number of nitrogens with zero attached hydrogens (tertiary/aromatic N) is 3. The molecule has 1 fully saturated rings. The van der Waals surface area contributed by atoms with Crippen LogP contribution in [-0.2, 0) is 13.1 Å². The van der Waals surface area contributed by atoms with Crippen molar-refractivity contribution in [2.75, 3.05) is 18.4 Å². The molecule has 3 amide bonds. The lowest BCUT2D eigenvalue weighted by atomic mass is 9.91. The molecule has 1 N–H and O–H groups in total. The Morgan fingerprint density at radius 2 is 1.78 bits per heavy atom. The van der Waals surface area contributed by atoms with E-state index in [1.807, 2.05) is 70.6 Å². The lowest BCUT2D eigenvalue weighted by Gasteiger charge is -2.32. The molecule has 0 atom stereocenters. The molecule has 2 aliphatic rings. The maximum atomic E-state index is 12.7. The number of carbonyl (C=O) groups is 2. The zero-order valence-electron chi connectivity index (χ0n) is 17.9. The largest absolute Gasteiger partial charge is 0.330 e. The number of benzene rings is 2. The normalized spacial score (nSPS) is 16.2. The van der Waals surface area contributed by atoms with E-state index in [0.29, 0.717) is 19.0 Å². The van der Waals surface area contributed by atoms with Gasteiger partial charge in [0.15, 0.2) is 0 Å². The first-order valence-corrected chi connectivity index (χ1v) is 11.1. The number of carbonyl (C=O) groups excluding carboxylic acids is 2. The van der Waals surface area contributed by atoms with E-state index in [0.717, 1.165) is 48.3 Å². The summed E-state index contributed by atoms with van der Waals surface area (Å²) in [5.74, 6) is 0.541. The number of fused-ring (bicyclic) bond motifs is 1. The van der Waals surface area contributed by atoms with E-state index in [1.54, 1.807) is 6.20 Å². The third-order valence-corrected chi connectivity index (χ3v) is 6.41. The van der Waals surface area contributed by atoms with Crippen LogP contribution in [-0.4, -0.2) is 39.8 Å². The van der Waals surface area contributed by atoms with Crippen molar-refractivity contribution in [3.05, 3.63) is 95.3 Å². The van der Waals surface area contributed by atoms with E-state index in [-0.39, 0.29) is 11.9 Å². The Morgan fingerprint density at radius 1 is 1.00 bits per heavy atom. The molecular formula is C26H26N4O2. The molecule has 0 spiro atoms. The monoisotopic (exact) mass is 426 g/mol. The van der Waals surface area contributed by atoms with E-state index >= 15 is 0 Å². The molecule has 6 heteroatoms. The lowest BCUT2D eigenvalue weighted by Crippen LogP contribution is -2.40. The Hall–Kier alpha value is -3.67. The van der Waals surface area contributed by atoms with Gasteiger partial charge in [0, 0.05) is 49.8 Å². The van der Waals surface area contributed by atoms with Crippen molar-refractivity contribution in [1.82, 2.24) is 14.8 Å². The third kappa shape index (κ3) is 4.21. The summed E-state index contributed by atoms with van der Waals surface area (Å²) < 4.78 is 0. The van der Waals surface area contributed by atoms with Crippen molar-refractivity contribution in [2.24, 2.45) is 0 Å². The number of amides is 3.